The number of fused-ring (bicyclic) bond motifs is 16. The first-order valence-electron chi connectivity index (χ1n) is 49.4. The van der Waals surface area contributed by atoms with Gasteiger partial charge < -0.3 is 13.3 Å². The molecule has 0 saturated carbocycles. The number of furan rings is 3. The zero-order chi connectivity index (χ0) is 96.9. The Morgan fingerprint density at radius 2 is 0.349 bits per heavy atom. The van der Waals surface area contributed by atoms with Gasteiger partial charge in [0.1, 0.15) is 39.3 Å². The molecule has 0 aliphatic heterocycles. The van der Waals surface area contributed by atoms with E-state index in [9.17, 15) is 4.39 Å². The van der Waals surface area contributed by atoms with E-state index in [2.05, 4.69) is 461 Å². The van der Waals surface area contributed by atoms with Gasteiger partial charge in [0.2, 0.25) is 0 Å². The maximum Gasteiger partial charge on any atom is 0.138 e. The van der Waals surface area contributed by atoms with Crippen LogP contribution in [-0.4, -0.2) is 15.0 Å². The fraction of sp³-hybridized carbons (Fsp3) is 0. The van der Waals surface area contributed by atoms with E-state index in [0.717, 1.165) is 195 Å². The Balaban J connectivity index is 0.000000114. The van der Waals surface area contributed by atoms with E-state index in [0.29, 0.717) is 5.58 Å². The number of halogens is 1. The number of hydrogen-bond acceptors (Lipinski definition) is 6. The van der Waals surface area contributed by atoms with Gasteiger partial charge in [-0.25, -0.2) is 19.3 Å². The molecule has 28 aromatic rings. The molecule has 0 aliphatic carbocycles. The maximum absolute atomic E-state index is 13.8. The third kappa shape index (κ3) is 17.0. The normalized spacial score (nSPS) is 11.5. The van der Waals surface area contributed by atoms with Crippen LogP contribution >= 0.6 is 0 Å². The Morgan fingerprint density at radius 1 is 0.123 bits per heavy atom. The molecule has 0 atom stereocenters. The molecule has 0 fully saturated rings. The highest BCUT2D eigenvalue weighted by atomic mass is 19.1. The summed E-state index contributed by atoms with van der Waals surface area (Å²) in [5.41, 5.74) is 38.0. The van der Waals surface area contributed by atoms with Crippen LogP contribution in [0.1, 0.15) is 0 Å². The lowest BCUT2D eigenvalue weighted by molar-refractivity contribution is 0.618. The summed E-state index contributed by atoms with van der Waals surface area (Å²) in [5.74, 6) is -0.299. The van der Waals surface area contributed by atoms with Crippen molar-refractivity contribution < 1.29 is 17.6 Å². The Hall–Kier alpha value is -19.3. The van der Waals surface area contributed by atoms with Crippen molar-refractivity contribution in [3.8, 4) is 168 Å². The van der Waals surface area contributed by atoms with E-state index in [-0.39, 0.29) is 5.82 Å². The van der Waals surface area contributed by atoms with Gasteiger partial charge in [0.05, 0.1) is 34.2 Å². The van der Waals surface area contributed by atoms with Crippen LogP contribution in [0.4, 0.5) is 4.39 Å². The van der Waals surface area contributed by atoms with Crippen LogP contribution in [0, 0.1) is 5.82 Å². The summed E-state index contributed by atoms with van der Waals surface area (Å²) in [5, 5.41) is 16.7. The highest BCUT2D eigenvalue weighted by Gasteiger charge is 2.21. The summed E-state index contributed by atoms with van der Waals surface area (Å²) in [4.78, 5) is 15.4. The van der Waals surface area contributed by atoms with E-state index in [1.165, 1.54) is 88.6 Å². The standard InChI is InChI=1S/C53H33NO.C51H32FNO.C35H23NO/c1-2-10-37(11-3-1)50-32-41(33-51(54-50)38-24-22-35(23-25-38)40-27-29-53-49(31-40)47-16-8-9-17-52(47)55-53)36-20-18-34(19-21-36)39-26-28-46-44-14-5-4-12-42(44)43-13-6-7-15-45(43)48(46)30-39;52-43-26-27-46-47-29-41(25-28-50(47)54-51(46)32-43)35-17-13-33(14-18-35)34-15-19-36(20-16-34)42-30-48(39-8-2-1-3-9-39)53-49(31-42)40-23-21-38(22-24-40)45-12-6-10-37-7-4-5-11-44(37)45;1-3-9-26(10-4-1)32-22-29(23-33(36-32)27-11-5-2-6-12-27)25-17-15-24(16-18-25)28-19-20-35-31(21-28)30-13-7-8-14-34(30)37-35/h1-33H;1-32H;1-23H. The third-order valence-corrected chi connectivity index (χ3v) is 28.4. The molecule has 0 radical (unpaired) electrons. The Labute approximate surface area is 842 Å². The number of benzene rings is 22. The van der Waals surface area contributed by atoms with Crippen molar-refractivity contribution in [2.45, 2.75) is 0 Å². The molecule has 28 rings (SSSR count). The molecule has 0 bridgehead atoms. The molecular weight excluding hydrogens is 1780 g/mol. The minimum atomic E-state index is -0.299. The van der Waals surface area contributed by atoms with Gasteiger partial charge in [-0.3, -0.25) is 0 Å². The van der Waals surface area contributed by atoms with E-state index in [1.54, 1.807) is 6.07 Å². The van der Waals surface area contributed by atoms with Crippen molar-refractivity contribution in [3.05, 3.63) is 540 Å². The fourth-order valence-corrected chi connectivity index (χ4v) is 20.8. The highest BCUT2D eigenvalue weighted by molar-refractivity contribution is 6.26. The van der Waals surface area contributed by atoms with Crippen molar-refractivity contribution in [3.63, 3.8) is 0 Å². The van der Waals surface area contributed by atoms with Crippen LogP contribution < -0.4 is 0 Å². The number of para-hydroxylation sites is 2. The largest absolute Gasteiger partial charge is 0.456 e. The second-order valence-corrected chi connectivity index (χ2v) is 37.3. The SMILES string of the molecule is Fc1ccc2c(c1)oc1ccc(-c3ccc(-c4ccc(-c5cc(-c6ccccc6)nc(-c6ccc(-c7cccc8ccccc78)cc6)c5)cc4)cc3)cc12.c1ccc(-c2cc(-c3ccc(-c4ccc5c6ccccc6c6ccccc6c5c4)cc3)cc(-c3ccc(-c4ccc5oc6ccccc6c5c4)cc3)n2)cc1.c1ccc(-c2cc(-c3ccc(-c4ccc5oc6ccccc6c5c4)cc3)cc(-c3ccccc3)n2)cc1. The van der Waals surface area contributed by atoms with Crippen molar-refractivity contribution in [2.75, 3.05) is 0 Å². The lowest BCUT2D eigenvalue weighted by Gasteiger charge is -2.13. The van der Waals surface area contributed by atoms with E-state index in [1.807, 2.05) is 54.6 Å². The van der Waals surface area contributed by atoms with E-state index < -0.39 is 0 Å². The average Bonchev–Trinajstić information content (AvgIpc) is 1.16. The number of hydrogen-bond donors (Lipinski definition) is 0. The summed E-state index contributed by atoms with van der Waals surface area (Å²) in [6.45, 7) is 0. The van der Waals surface area contributed by atoms with Gasteiger partial charge in [-0.15, -0.1) is 0 Å². The minimum Gasteiger partial charge on any atom is -0.456 e. The van der Waals surface area contributed by atoms with E-state index in [4.69, 9.17) is 28.2 Å². The maximum atomic E-state index is 13.8. The van der Waals surface area contributed by atoms with Crippen molar-refractivity contribution in [2.24, 2.45) is 0 Å². The fourth-order valence-electron chi connectivity index (χ4n) is 20.8. The molecule has 6 aromatic heterocycles. The van der Waals surface area contributed by atoms with Crippen molar-refractivity contribution in [1.29, 1.82) is 0 Å². The zero-order valence-electron chi connectivity index (χ0n) is 79.3. The molecule has 22 aromatic carbocycles. The van der Waals surface area contributed by atoms with Crippen LogP contribution in [-0.2, 0) is 0 Å². The second kappa shape index (κ2) is 37.7. The summed E-state index contributed by atoms with van der Waals surface area (Å²) < 4.78 is 31.8. The molecule has 0 spiro atoms. The molecular formula is C139H88FN3O3. The number of aromatic nitrogens is 3. The Morgan fingerprint density at radius 3 is 0.712 bits per heavy atom. The van der Waals surface area contributed by atoms with Gasteiger partial charge in [-0.05, 0) is 246 Å². The molecule has 0 aliphatic rings. The van der Waals surface area contributed by atoms with Crippen LogP contribution in [0.5, 0.6) is 0 Å². The molecule has 146 heavy (non-hydrogen) atoms. The predicted molar refractivity (Wildman–Crippen MR) is 606 cm³/mol. The molecule has 0 saturated heterocycles. The van der Waals surface area contributed by atoms with Gasteiger partial charge >= 0.3 is 0 Å². The molecule has 6 nitrogen and oxygen atoms in total. The minimum absolute atomic E-state index is 0.299. The average molecular weight is 1870 g/mol. The number of pyridine rings is 3. The molecule has 0 N–H and O–H groups in total. The molecule has 684 valence electrons. The molecule has 0 unspecified atom stereocenters. The van der Waals surface area contributed by atoms with Gasteiger partial charge in [0.25, 0.3) is 0 Å². The van der Waals surface area contributed by atoms with Crippen LogP contribution in [0.15, 0.2) is 547 Å². The van der Waals surface area contributed by atoms with Crippen molar-refractivity contribution >= 4 is 109 Å². The third-order valence-electron chi connectivity index (χ3n) is 28.4. The van der Waals surface area contributed by atoms with Crippen molar-refractivity contribution in [1.82, 2.24) is 15.0 Å². The Bertz CT molecular complexity index is 9710. The second-order valence-electron chi connectivity index (χ2n) is 37.3. The first-order valence-corrected chi connectivity index (χ1v) is 49.4. The molecule has 0 amide bonds. The lowest BCUT2D eigenvalue weighted by atomic mass is 9.91. The summed E-state index contributed by atoms with van der Waals surface area (Å²) >= 11 is 0. The van der Waals surface area contributed by atoms with Gasteiger partial charge in [0.15, 0.2) is 0 Å². The first kappa shape index (κ1) is 87.0. The number of nitrogens with zero attached hydrogens (tertiary/aromatic N) is 3. The molecule has 7 heteroatoms. The van der Waals surface area contributed by atoms with Crippen LogP contribution in [0.25, 0.3) is 277 Å². The summed E-state index contributed by atoms with van der Waals surface area (Å²) in [6, 6.07) is 187. The summed E-state index contributed by atoms with van der Waals surface area (Å²) in [7, 11) is 0. The number of rotatable bonds is 15. The first-order chi connectivity index (χ1) is 72.2. The monoisotopic (exact) mass is 1870 g/mol. The Kier molecular flexibility index (Phi) is 22.4. The topological polar surface area (TPSA) is 78.1 Å². The van der Waals surface area contributed by atoms with Crippen LogP contribution in [0.3, 0.4) is 0 Å². The van der Waals surface area contributed by atoms with Gasteiger partial charge in [-0.2, -0.15) is 0 Å². The molecule has 6 heterocycles. The van der Waals surface area contributed by atoms with Gasteiger partial charge in [-0.1, -0.05) is 425 Å². The zero-order valence-corrected chi connectivity index (χ0v) is 79.3. The van der Waals surface area contributed by atoms with Gasteiger partial charge in [0, 0.05) is 71.8 Å². The quantitative estimate of drug-likeness (QED) is 0.0952. The van der Waals surface area contributed by atoms with Crippen LogP contribution in [0.2, 0.25) is 0 Å². The smallest absolute Gasteiger partial charge is 0.138 e. The predicted octanol–water partition coefficient (Wildman–Crippen LogP) is 38.7. The highest BCUT2D eigenvalue weighted by Crippen LogP contribution is 2.45. The summed E-state index contributed by atoms with van der Waals surface area (Å²) in [6.07, 6.45) is 0. The lowest BCUT2D eigenvalue weighted by Crippen LogP contribution is -1.91. The van der Waals surface area contributed by atoms with E-state index >= 15 is 0 Å².